The van der Waals surface area contributed by atoms with E-state index in [1.54, 1.807) is 6.20 Å². The highest BCUT2D eigenvalue weighted by Crippen LogP contribution is 2.20. The molecule has 2 rings (SSSR count). The minimum atomic E-state index is -0.0808. The predicted molar refractivity (Wildman–Crippen MR) is 58.5 cm³/mol. The number of nitrogens with zero attached hydrogens (tertiary/aromatic N) is 2. The highest BCUT2D eigenvalue weighted by Gasteiger charge is 2.27. The Hall–Kier alpha value is -0.950. The monoisotopic (exact) mass is 226 g/mol. The Balaban J connectivity index is 2.14. The lowest BCUT2D eigenvalue weighted by molar-refractivity contribution is -0.103. The van der Waals surface area contributed by atoms with E-state index >= 15 is 0 Å². The second kappa shape index (κ2) is 5.40. The Morgan fingerprint density at radius 1 is 1.69 bits per heavy atom. The summed E-state index contributed by atoms with van der Waals surface area (Å²) in [6.07, 6.45) is 1.72. The maximum absolute atomic E-state index is 5.65. The molecule has 2 unspecified atom stereocenters. The first-order chi connectivity index (χ1) is 7.86. The van der Waals surface area contributed by atoms with E-state index in [1.807, 2.05) is 17.7 Å². The summed E-state index contributed by atoms with van der Waals surface area (Å²) in [7, 11) is 0. The number of aryl methyl sites for hydroxylation is 1. The summed E-state index contributed by atoms with van der Waals surface area (Å²) < 4.78 is 12.9. The maximum atomic E-state index is 5.65. The van der Waals surface area contributed by atoms with Crippen molar-refractivity contribution < 1.29 is 9.47 Å². The molecule has 1 aliphatic rings. The molecule has 1 aromatic heterocycles. The van der Waals surface area contributed by atoms with Gasteiger partial charge in [0.2, 0.25) is 0 Å². The molecule has 0 radical (unpaired) electrons. The van der Waals surface area contributed by atoms with Crippen molar-refractivity contribution in [3.05, 3.63) is 18.0 Å². The van der Waals surface area contributed by atoms with Crippen molar-refractivity contribution in [3.8, 4) is 0 Å². The Bertz CT molecular complexity index is 322. The Labute approximate surface area is 94.7 Å². The molecular formula is C10H18N4O2. The number of hydrazine groups is 1. The Morgan fingerprint density at radius 2 is 2.56 bits per heavy atom. The van der Waals surface area contributed by atoms with Crippen LogP contribution >= 0.6 is 0 Å². The van der Waals surface area contributed by atoms with E-state index < -0.39 is 0 Å². The molecular weight excluding hydrogens is 208 g/mol. The summed E-state index contributed by atoms with van der Waals surface area (Å²) in [6, 6.07) is 1.87. The molecule has 1 saturated heterocycles. The van der Waals surface area contributed by atoms with Gasteiger partial charge in [0.25, 0.3) is 0 Å². The van der Waals surface area contributed by atoms with Crippen LogP contribution in [0.25, 0.3) is 0 Å². The van der Waals surface area contributed by atoms with Crippen molar-refractivity contribution >= 4 is 0 Å². The minimum Gasteiger partial charge on any atom is -0.376 e. The van der Waals surface area contributed by atoms with Gasteiger partial charge in [0, 0.05) is 12.7 Å². The van der Waals surface area contributed by atoms with Gasteiger partial charge in [0.05, 0.1) is 31.6 Å². The smallest absolute Gasteiger partial charge is 0.103 e. The molecule has 0 amide bonds. The number of rotatable bonds is 4. The van der Waals surface area contributed by atoms with Crippen LogP contribution in [0.2, 0.25) is 0 Å². The summed E-state index contributed by atoms with van der Waals surface area (Å²) in [5.74, 6) is 5.59. The van der Waals surface area contributed by atoms with Gasteiger partial charge in [-0.25, -0.2) is 5.43 Å². The van der Waals surface area contributed by atoms with Gasteiger partial charge < -0.3 is 9.47 Å². The van der Waals surface area contributed by atoms with Gasteiger partial charge >= 0.3 is 0 Å². The lowest BCUT2D eigenvalue weighted by Gasteiger charge is -2.30. The molecule has 3 N–H and O–H groups in total. The predicted octanol–water partition coefficient (Wildman–Crippen LogP) is -0.177. The molecule has 1 aromatic rings. The zero-order valence-electron chi connectivity index (χ0n) is 9.43. The lowest BCUT2D eigenvalue weighted by atomic mass is 10.1. The standard InChI is InChI=1S/C10H18N4O2/c1-2-14-8(3-4-12-14)10(13-11)9-7-15-5-6-16-9/h3-4,9-10,13H,2,5-7,11H2,1H3. The van der Waals surface area contributed by atoms with Crippen molar-refractivity contribution in [1.82, 2.24) is 15.2 Å². The van der Waals surface area contributed by atoms with Crippen molar-refractivity contribution in [3.63, 3.8) is 0 Å². The van der Waals surface area contributed by atoms with Crippen LogP contribution in [-0.4, -0.2) is 35.7 Å². The molecule has 6 heteroatoms. The first kappa shape index (κ1) is 11.5. The number of aromatic nitrogens is 2. The first-order valence-corrected chi connectivity index (χ1v) is 5.54. The number of nitrogens with two attached hydrogens (primary N) is 1. The van der Waals surface area contributed by atoms with Crippen LogP contribution in [0.5, 0.6) is 0 Å². The van der Waals surface area contributed by atoms with E-state index in [9.17, 15) is 0 Å². The van der Waals surface area contributed by atoms with E-state index in [-0.39, 0.29) is 12.1 Å². The number of hydrogen-bond acceptors (Lipinski definition) is 5. The third-order valence-electron chi connectivity index (χ3n) is 2.76. The average Bonchev–Trinajstić information content (AvgIpc) is 2.80. The number of nitrogens with one attached hydrogen (secondary N) is 1. The first-order valence-electron chi connectivity index (χ1n) is 5.54. The Morgan fingerprint density at radius 3 is 3.19 bits per heavy atom. The van der Waals surface area contributed by atoms with Crippen LogP contribution in [0.4, 0.5) is 0 Å². The number of ether oxygens (including phenoxy) is 2. The zero-order chi connectivity index (χ0) is 11.4. The van der Waals surface area contributed by atoms with Gasteiger partial charge in [0.1, 0.15) is 6.10 Å². The molecule has 16 heavy (non-hydrogen) atoms. The molecule has 0 bridgehead atoms. The zero-order valence-corrected chi connectivity index (χ0v) is 9.43. The molecule has 0 aromatic carbocycles. The summed E-state index contributed by atoms with van der Waals surface area (Å²) in [4.78, 5) is 0. The summed E-state index contributed by atoms with van der Waals surface area (Å²) in [5, 5.41) is 4.22. The highest BCUT2D eigenvalue weighted by molar-refractivity contribution is 5.09. The van der Waals surface area contributed by atoms with Crippen LogP contribution in [-0.2, 0) is 16.0 Å². The fraction of sp³-hybridized carbons (Fsp3) is 0.700. The quantitative estimate of drug-likeness (QED) is 0.550. The topological polar surface area (TPSA) is 74.3 Å². The summed E-state index contributed by atoms with van der Waals surface area (Å²) in [5.41, 5.74) is 3.81. The van der Waals surface area contributed by atoms with Crippen molar-refractivity contribution in [2.24, 2.45) is 5.84 Å². The molecule has 2 atom stereocenters. The van der Waals surface area contributed by atoms with Crippen molar-refractivity contribution in [2.45, 2.75) is 25.6 Å². The molecule has 0 saturated carbocycles. The normalized spacial score (nSPS) is 23.2. The second-order valence-electron chi connectivity index (χ2n) is 3.70. The van der Waals surface area contributed by atoms with Crippen molar-refractivity contribution in [1.29, 1.82) is 0 Å². The van der Waals surface area contributed by atoms with Crippen LogP contribution in [0.1, 0.15) is 18.7 Å². The fourth-order valence-electron chi connectivity index (χ4n) is 1.95. The lowest BCUT2D eigenvalue weighted by Crippen LogP contribution is -2.44. The van der Waals surface area contributed by atoms with Gasteiger partial charge in [-0.3, -0.25) is 10.5 Å². The SMILES string of the molecule is CCn1nccc1C(NN)C1COCCO1. The molecule has 6 nitrogen and oxygen atoms in total. The number of hydrogen-bond donors (Lipinski definition) is 2. The van der Waals surface area contributed by atoms with Crippen LogP contribution < -0.4 is 11.3 Å². The molecule has 0 spiro atoms. The largest absolute Gasteiger partial charge is 0.376 e. The van der Waals surface area contributed by atoms with Gasteiger partial charge in [-0.05, 0) is 13.0 Å². The second-order valence-corrected chi connectivity index (χ2v) is 3.70. The summed E-state index contributed by atoms with van der Waals surface area (Å²) in [6.45, 7) is 4.68. The maximum Gasteiger partial charge on any atom is 0.103 e. The van der Waals surface area contributed by atoms with Gasteiger partial charge in [-0.2, -0.15) is 5.10 Å². The Kier molecular flexibility index (Phi) is 3.89. The average molecular weight is 226 g/mol. The van der Waals surface area contributed by atoms with E-state index in [0.29, 0.717) is 19.8 Å². The van der Waals surface area contributed by atoms with Gasteiger partial charge in [-0.1, -0.05) is 0 Å². The molecule has 2 heterocycles. The van der Waals surface area contributed by atoms with E-state index in [4.69, 9.17) is 15.3 Å². The van der Waals surface area contributed by atoms with Gasteiger partial charge in [-0.15, -0.1) is 0 Å². The highest BCUT2D eigenvalue weighted by atomic mass is 16.6. The fourth-order valence-corrected chi connectivity index (χ4v) is 1.95. The molecule has 1 fully saturated rings. The molecule has 0 aliphatic carbocycles. The van der Waals surface area contributed by atoms with Crippen LogP contribution in [0.3, 0.4) is 0 Å². The summed E-state index contributed by atoms with van der Waals surface area (Å²) >= 11 is 0. The van der Waals surface area contributed by atoms with E-state index in [0.717, 1.165) is 12.2 Å². The minimum absolute atomic E-state index is 0.0549. The molecule has 90 valence electrons. The van der Waals surface area contributed by atoms with Crippen LogP contribution in [0.15, 0.2) is 12.3 Å². The van der Waals surface area contributed by atoms with Crippen LogP contribution in [0, 0.1) is 0 Å². The van der Waals surface area contributed by atoms with E-state index in [1.165, 1.54) is 0 Å². The van der Waals surface area contributed by atoms with Crippen molar-refractivity contribution in [2.75, 3.05) is 19.8 Å². The van der Waals surface area contributed by atoms with Gasteiger partial charge in [0.15, 0.2) is 0 Å². The third kappa shape index (κ3) is 2.25. The third-order valence-corrected chi connectivity index (χ3v) is 2.76. The van der Waals surface area contributed by atoms with E-state index in [2.05, 4.69) is 10.5 Å². The molecule has 1 aliphatic heterocycles.